The Labute approximate surface area is 117 Å². The molecular weight excluding hydrogens is 260 g/mol. The number of nitro groups is 1. The Balaban J connectivity index is 2.32. The number of rotatable bonds is 4. The average molecular weight is 278 g/mol. The number of anilines is 1. The van der Waals surface area contributed by atoms with Gasteiger partial charge in [0, 0.05) is 30.6 Å². The van der Waals surface area contributed by atoms with Gasteiger partial charge < -0.3 is 10.0 Å². The maximum absolute atomic E-state index is 11.3. The van der Waals surface area contributed by atoms with E-state index in [0.717, 1.165) is 6.42 Å². The highest BCUT2D eigenvalue weighted by atomic mass is 16.6. The van der Waals surface area contributed by atoms with Gasteiger partial charge in [0.1, 0.15) is 5.69 Å². The molecule has 0 bridgehead atoms. The van der Waals surface area contributed by atoms with Gasteiger partial charge in [-0.05, 0) is 32.4 Å². The second-order valence-electron chi connectivity index (χ2n) is 5.25. The highest BCUT2D eigenvalue weighted by Gasteiger charge is 2.30. The van der Waals surface area contributed by atoms with Crippen molar-refractivity contribution < 1.29 is 14.8 Å². The quantitative estimate of drug-likeness (QED) is 0.517. The Kier molecular flexibility index (Phi) is 4.04. The normalized spacial score (nSPS) is 19.9. The molecule has 1 aromatic carbocycles. The number of Topliss-reactive ketones (excluding diaryl/α,β-unsaturated/α-hetero) is 1. The molecule has 1 aromatic rings. The smallest absolute Gasteiger partial charge is 0.293 e. The molecule has 1 N–H and O–H groups in total. The van der Waals surface area contributed by atoms with E-state index in [0.29, 0.717) is 24.3 Å². The SMILES string of the molecule is CC(=O)c1ccc(N2CCC(C(C)O)C2)c([N+](=O)[O-])c1. The molecule has 2 atom stereocenters. The minimum absolute atomic E-state index is 0.0519. The van der Waals surface area contributed by atoms with E-state index in [1.807, 2.05) is 4.90 Å². The van der Waals surface area contributed by atoms with Crippen LogP contribution in [0.3, 0.4) is 0 Å². The lowest BCUT2D eigenvalue weighted by atomic mass is 10.0. The minimum Gasteiger partial charge on any atom is -0.393 e. The van der Waals surface area contributed by atoms with Crippen LogP contribution < -0.4 is 4.90 Å². The highest BCUT2D eigenvalue weighted by molar-refractivity contribution is 5.95. The number of hydrogen-bond donors (Lipinski definition) is 1. The molecule has 108 valence electrons. The molecule has 1 heterocycles. The number of hydrogen-bond acceptors (Lipinski definition) is 5. The zero-order valence-electron chi connectivity index (χ0n) is 11.6. The van der Waals surface area contributed by atoms with Crippen LogP contribution >= 0.6 is 0 Å². The Morgan fingerprint density at radius 1 is 1.55 bits per heavy atom. The van der Waals surface area contributed by atoms with Crippen LogP contribution in [-0.2, 0) is 0 Å². The summed E-state index contributed by atoms with van der Waals surface area (Å²) in [7, 11) is 0. The predicted molar refractivity (Wildman–Crippen MR) is 75.1 cm³/mol. The molecule has 1 saturated heterocycles. The summed E-state index contributed by atoms with van der Waals surface area (Å²) in [6.07, 6.45) is 0.388. The third kappa shape index (κ3) is 2.80. The van der Waals surface area contributed by atoms with E-state index < -0.39 is 11.0 Å². The second kappa shape index (κ2) is 5.58. The average Bonchev–Trinajstić information content (AvgIpc) is 2.87. The van der Waals surface area contributed by atoms with E-state index in [1.165, 1.54) is 13.0 Å². The molecule has 0 aliphatic carbocycles. The van der Waals surface area contributed by atoms with E-state index in [2.05, 4.69) is 0 Å². The number of aliphatic hydroxyl groups excluding tert-OH is 1. The van der Waals surface area contributed by atoms with E-state index >= 15 is 0 Å². The van der Waals surface area contributed by atoms with Gasteiger partial charge in [0.15, 0.2) is 5.78 Å². The molecule has 2 unspecified atom stereocenters. The summed E-state index contributed by atoms with van der Waals surface area (Å²) in [6.45, 7) is 4.40. The Morgan fingerprint density at radius 3 is 2.75 bits per heavy atom. The molecule has 0 amide bonds. The van der Waals surface area contributed by atoms with Crippen molar-refractivity contribution in [2.45, 2.75) is 26.4 Å². The van der Waals surface area contributed by atoms with Crippen molar-refractivity contribution in [2.24, 2.45) is 5.92 Å². The molecular formula is C14H18N2O4. The number of nitrogens with zero attached hydrogens (tertiary/aromatic N) is 2. The number of benzene rings is 1. The lowest BCUT2D eigenvalue weighted by Crippen LogP contribution is -2.24. The zero-order valence-corrected chi connectivity index (χ0v) is 11.6. The van der Waals surface area contributed by atoms with Gasteiger partial charge in [-0.15, -0.1) is 0 Å². The van der Waals surface area contributed by atoms with Crippen molar-refractivity contribution >= 4 is 17.2 Å². The summed E-state index contributed by atoms with van der Waals surface area (Å²) in [4.78, 5) is 24.0. The van der Waals surface area contributed by atoms with Gasteiger partial charge in [-0.1, -0.05) is 0 Å². The van der Waals surface area contributed by atoms with Crippen molar-refractivity contribution in [3.63, 3.8) is 0 Å². The summed E-state index contributed by atoms with van der Waals surface area (Å²) < 4.78 is 0. The molecule has 1 aliphatic rings. The van der Waals surface area contributed by atoms with E-state index in [-0.39, 0.29) is 17.4 Å². The van der Waals surface area contributed by atoms with Crippen molar-refractivity contribution in [1.29, 1.82) is 0 Å². The van der Waals surface area contributed by atoms with Gasteiger partial charge in [0.05, 0.1) is 11.0 Å². The number of aliphatic hydroxyl groups is 1. The number of ketones is 1. The molecule has 6 heteroatoms. The van der Waals surface area contributed by atoms with Gasteiger partial charge >= 0.3 is 0 Å². The van der Waals surface area contributed by atoms with Gasteiger partial charge in [0.25, 0.3) is 5.69 Å². The van der Waals surface area contributed by atoms with Gasteiger partial charge in [-0.3, -0.25) is 14.9 Å². The van der Waals surface area contributed by atoms with Crippen LogP contribution in [0.4, 0.5) is 11.4 Å². The number of nitro benzene ring substituents is 1. The van der Waals surface area contributed by atoms with Crippen LogP contribution in [-0.4, -0.2) is 35.0 Å². The molecule has 1 fully saturated rings. The second-order valence-corrected chi connectivity index (χ2v) is 5.25. The first kappa shape index (κ1) is 14.5. The van der Waals surface area contributed by atoms with Crippen LogP contribution in [0.5, 0.6) is 0 Å². The van der Waals surface area contributed by atoms with Gasteiger partial charge in [-0.2, -0.15) is 0 Å². The predicted octanol–water partition coefficient (Wildman–Crippen LogP) is 2.00. The standard InChI is InChI=1S/C14H18N2O4/c1-9(17)11-3-4-13(14(7-11)16(19)20)15-6-5-12(8-15)10(2)18/h3-4,7,10,12,18H,5-6,8H2,1-2H3. The molecule has 0 spiro atoms. The van der Waals surface area contributed by atoms with Crippen molar-refractivity contribution in [1.82, 2.24) is 0 Å². The maximum Gasteiger partial charge on any atom is 0.293 e. The first-order valence-corrected chi connectivity index (χ1v) is 6.62. The highest BCUT2D eigenvalue weighted by Crippen LogP contribution is 2.33. The number of carbonyl (C=O) groups is 1. The monoisotopic (exact) mass is 278 g/mol. The van der Waals surface area contributed by atoms with Crippen molar-refractivity contribution in [3.05, 3.63) is 33.9 Å². The first-order valence-electron chi connectivity index (χ1n) is 6.62. The van der Waals surface area contributed by atoms with Crippen LogP contribution in [0.1, 0.15) is 30.6 Å². The van der Waals surface area contributed by atoms with Crippen LogP contribution in [0.2, 0.25) is 0 Å². The fourth-order valence-electron chi connectivity index (χ4n) is 2.56. The lowest BCUT2D eigenvalue weighted by molar-refractivity contribution is -0.384. The lowest BCUT2D eigenvalue weighted by Gasteiger charge is -2.19. The first-order chi connectivity index (χ1) is 9.40. The summed E-state index contributed by atoms with van der Waals surface area (Å²) in [5, 5.41) is 20.8. The maximum atomic E-state index is 11.3. The van der Waals surface area contributed by atoms with E-state index in [4.69, 9.17) is 0 Å². The summed E-state index contributed by atoms with van der Waals surface area (Å²) in [5.74, 6) is -0.0648. The molecule has 20 heavy (non-hydrogen) atoms. The number of carbonyl (C=O) groups excluding carboxylic acids is 1. The van der Waals surface area contributed by atoms with Crippen molar-refractivity contribution in [2.75, 3.05) is 18.0 Å². The largest absolute Gasteiger partial charge is 0.393 e. The Bertz CT molecular complexity index is 542. The van der Waals surface area contributed by atoms with Crippen LogP contribution in [0, 0.1) is 16.0 Å². The molecule has 0 aromatic heterocycles. The van der Waals surface area contributed by atoms with E-state index in [1.54, 1.807) is 19.1 Å². The fourth-order valence-corrected chi connectivity index (χ4v) is 2.56. The third-order valence-electron chi connectivity index (χ3n) is 3.83. The molecule has 2 rings (SSSR count). The summed E-state index contributed by atoms with van der Waals surface area (Å²) in [6, 6.07) is 4.56. The topological polar surface area (TPSA) is 83.7 Å². The molecule has 0 saturated carbocycles. The van der Waals surface area contributed by atoms with Crippen LogP contribution in [0.25, 0.3) is 0 Å². The molecule has 1 aliphatic heterocycles. The Morgan fingerprint density at radius 2 is 2.25 bits per heavy atom. The van der Waals surface area contributed by atoms with E-state index in [9.17, 15) is 20.0 Å². The summed E-state index contributed by atoms with van der Waals surface area (Å²) in [5.41, 5.74) is 0.804. The minimum atomic E-state index is -0.461. The fraction of sp³-hybridized carbons (Fsp3) is 0.500. The van der Waals surface area contributed by atoms with Crippen molar-refractivity contribution in [3.8, 4) is 0 Å². The molecule has 0 radical (unpaired) electrons. The Hall–Kier alpha value is -1.95. The summed E-state index contributed by atoms with van der Waals surface area (Å²) >= 11 is 0. The molecule has 6 nitrogen and oxygen atoms in total. The third-order valence-corrected chi connectivity index (χ3v) is 3.83. The zero-order chi connectivity index (χ0) is 14.9. The van der Waals surface area contributed by atoms with Gasteiger partial charge in [0.2, 0.25) is 0 Å². The van der Waals surface area contributed by atoms with Gasteiger partial charge in [-0.25, -0.2) is 0 Å². The van der Waals surface area contributed by atoms with Crippen LogP contribution in [0.15, 0.2) is 18.2 Å².